The highest BCUT2D eigenvalue weighted by Gasteiger charge is 2.33. The van der Waals surface area contributed by atoms with Crippen LogP contribution >= 0.6 is 15.9 Å². The minimum absolute atomic E-state index is 0.193. The van der Waals surface area contributed by atoms with Gasteiger partial charge in [0.1, 0.15) is 23.4 Å². The molecule has 1 saturated carbocycles. The molecule has 0 radical (unpaired) electrons. The first kappa shape index (κ1) is 23.3. The number of rotatable bonds is 5. The zero-order chi connectivity index (χ0) is 22.9. The van der Waals surface area contributed by atoms with Crippen LogP contribution in [0.2, 0.25) is 0 Å². The molecule has 2 fully saturated rings. The van der Waals surface area contributed by atoms with Gasteiger partial charge in [-0.15, -0.1) is 0 Å². The van der Waals surface area contributed by atoms with Gasteiger partial charge < -0.3 is 25.3 Å². The summed E-state index contributed by atoms with van der Waals surface area (Å²) in [5.41, 5.74) is 6.45. The van der Waals surface area contributed by atoms with E-state index < -0.39 is 5.60 Å². The highest BCUT2D eigenvalue weighted by atomic mass is 79.9. The Kier molecular flexibility index (Phi) is 6.95. The number of nitrogen functional groups attached to an aromatic ring is 1. The Balaban J connectivity index is 1.46. The lowest BCUT2D eigenvalue weighted by Gasteiger charge is -2.33. The van der Waals surface area contributed by atoms with Gasteiger partial charge in [0.25, 0.3) is 0 Å². The summed E-state index contributed by atoms with van der Waals surface area (Å²) in [4.78, 5) is 23.6. The summed E-state index contributed by atoms with van der Waals surface area (Å²) in [5, 5.41) is 4.34. The first-order valence-electron chi connectivity index (χ1n) is 11.7. The van der Waals surface area contributed by atoms with Gasteiger partial charge in [-0.05, 0) is 93.7 Å². The van der Waals surface area contributed by atoms with Crippen molar-refractivity contribution in [3.8, 4) is 0 Å². The Morgan fingerprint density at radius 1 is 1.28 bits per heavy atom. The van der Waals surface area contributed by atoms with E-state index in [0.717, 1.165) is 67.4 Å². The molecule has 176 valence electrons. The van der Waals surface area contributed by atoms with Crippen molar-refractivity contribution < 1.29 is 9.53 Å². The maximum Gasteiger partial charge on any atom is 0.410 e. The van der Waals surface area contributed by atoms with Gasteiger partial charge in [-0.25, -0.2) is 14.8 Å². The number of aromatic nitrogens is 3. The number of amides is 1. The molecule has 3 N–H and O–H groups in total. The number of nitrogens with two attached hydrogens (primary N) is 1. The third kappa shape index (κ3) is 5.36. The van der Waals surface area contributed by atoms with Gasteiger partial charge in [-0.3, -0.25) is 0 Å². The van der Waals surface area contributed by atoms with E-state index in [1.54, 1.807) is 0 Å². The first-order chi connectivity index (χ1) is 15.2. The fourth-order valence-electron chi connectivity index (χ4n) is 5.06. The van der Waals surface area contributed by atoms with Crippen LogP contribution in [0.5, 0.6) is 0 Å². The molecule has 9 heteroatoms. The molecule has 2 aromatic rings. The van der Waals surface area contributed by atoms with E-state index in [9.17, 15) is 4.79 Å². The number of fused-ring (bicyclic) bond motifs is 1. The highest BCUT2D eigenvalue weighted by molar-refractivity contribution is 9.10. The quantitative estimate of drug-likeness (QED) is 0.625. The Hall–Kier alpha value is -1.87. The number of piperidine rings is 1. The van der Waals surface area contributed by atoms with Gasteiger partial charge in [0.2, 0.25) is 0 Å². The number of ether oxygens (including phenoxy) is 1. The van der Waals surface area contributed by atoms with Crippen molar-refractivity contribution in [2.24, 2.45) is 11.8 Å². The van der Waals surface area contributed by atoms with Crippen molar-refractivity contribution in [2.45, 2.75) is 64.5 Å². The Bertz CT molecular complexity index is 950. The van der Waals surface area contributed by atoms with Crippen molar-refractivity contribution in [1.29, 1.82) is 0 Å². The predicted octanol–water partition coefficient (Wildman–Crippen LogP) is 4.35. The summed E-state index contributed by atoms with van der Waals surface area (Å²) in [7, 11) is 0. The van der Waals surface area contributed by atoms with Crippen molar-refractivity contribution in [3.63, 3.8) is 0 Å². The molecule has 8 nitrogen and oxygen atoms in total. The Labute approximate surface area is 198 Å². The number of hydrogen-bond donors (Lipinski definition) is 2. The number of nitrogens with zero attached hydrogens (tertiary/aromatic N) is 4. The summed E-state index contributed by atoms with van der Waals surface area (Å²) in [6.45, 7) is 9.32. The van der Waals surface area contributed by atoms with Gasteiger partial charge in [0.05, 0.1) is 5.39 Å². The lowest BCUT2D eigenvalue weighted by molar-refractivity contribution is 0.0180. The second kappa shape index (κ2) is 9.55. The molecule has 0 unspecified atom stereocenters. The topological polar surface area (TPSA) is 98.3 Å². The van der Waals surface area contributed by atoms with Gasteiger partial charge in [0, 0.05) is 29.8 Å². The van der Waals surface area contributed by atoms with Crippen LogP contribution in [-0.4, -0.2) is 57.3 Å². The summed E-state index contributed by atoms with van der Waals surface area (Å²) in [6.07, 6.45) is 8.85. The minimum Gasteiger partial charge on any atom is -0.444 e. The van der Waals surface area contributed by atoms with Crippen LogP contribution < -0.4 is 11.1 Å². The SMILES string of the molecule is CC(C)(C)OC(=O)N(C[C@@H]1CC[C@H](n2cc(Br)c3c(N)ncnc32)C1)C[C@H]1CCCNC1. The van der Waals surface area contributed by atoms with Crippen molar-refractivity contribution >= 4 is 38.9 Å². The first-order valence-corrected chi connectivity index (χ1v) is 12.5. The lowest BCUT2D eigenvalue weighted by Crippen LogP contribution is -2.44. The van der Waals surface area contributed by atoms with E-state index in [0.29, 0.717) is 23.7 Å². The molecule has 0 aromatic carbocycles. The van der Waals surface area contributed by atoms with Crippen LogP contribution in [-0.2, 0) is 4.74 Å². The summed E-state index contributed by atoms with van der Waals surface area (Å²) >= 11 is 3.62. The number of anilines is 1. The second-order valence-corrected chi connectivity index (χ2v) is 11.1. The summed E-state index contributed by atoms with van der Waals surface area (Å²) in [6, 6.07) is 0.333. The number of hydrogen-bond acceptors (Lipinski definition) is 6. The summed E-state index contributed by atoms with van der Waals surface area (Å²) < 4.78 is 8.91. The lowest BCUT2D eigenvalue weighted by atomic mass is 9.98. The molecule has 3 heterocycles. The zero-order valence-electron chi connectivity index (χ0n) is 19.3. The zero-order valence-corrected chi connectivity index (χ0v) is 20.9. The standard InChI is InChI=1S/C23H35BrN6O2/c1-23(2,3)32-22(31)29(12-16-5-4-8-26-10-16)11-15-6-7-17(9-15)30-13-18(24)19-20(25)27-14-28-21(19)30/h13-17,26H,4-12H2,1-3H3,(H2,25,27,28)/t15-,16+,17+/m1/s1. The molecule has 1 amide bonds. The molecule has 0 bridgehead atoms. The van der Waals surface area contributed by atoms with Crippen LogP contribution in [0.15, 0.2) is 17.0 Å². The van der Waals surface area contributed by atoms with E-state index >= 15 is 0 Å². The van der Waals surface area contributed by atoms with Crippen molar-refractivity contribution in [2.75, 3.05) is 31.9 Å². The fourth-order valence-corrected chi connectivity index (χ4v) is 5.66. The fraction of sp³-hybridized carbons (Fsp3) is 0.696. The number of carbonyl (C=O) groups excluding carboxylic acids is 1. The molecule has 2 aliphatic rings. The van der Waals surface area contributed by atoms with E-state index in [4.69, 9.17) is 10.5 Å². The number of carbonyl (C=O) groups is 1. The summed E-state index contributed by atoms with van der Waals surface area (Å²) in [5.74, 6) is 1.41. The van der Waals surface area contributed by atoms with Gasteiger partial charge in [-0.1, -0.05) is 0 Å². The third-order valence-corrected chi connectivity index (χ3v) is 7.11. The Morgan fingerprint density at radius 2 is 2.06 bits per heavy atom. The maximum absolute atomic E-state index is 13.0. The molecule has 0 spiro atoms. The molecule has 32 heavy (non-hydrogen) atoms. The van der Waals surface area contributed by atoms with Crippen molar-refractivity contribution in [1.82, 2.24) is 24.8 Å². The maximum atomic E-state index is 13.0. The van der Waals surface area contributed by atoms with E-state index in [2.05, 4.69) is 42.0 Å². The number of nitrogens with one attached hydrogen (secondary N) is 1. The largest absolute Gasteiger partial charge is 0.444 e. The van der Waals surface area contributed by atoms with Gasteiger partial charge in [0.15, 0.2) is 0 Å². The highest BCUT2D eigenvalue weighted by Crippen LogP contribution is 2.39. The Morgan fingerprint density at radius 3 is 2.78 bits per heavy atom. The molecular weight excluding hydrogens is 472 g/mol. The van der Waals surface area contributed by atoms with E-state index in [1.165, 1.54) is 12.7 Å². The van der Waals surface area contributed by atoms with Crippen LogP contribution in [0.3, 0.4) is 0 Å². The van der Waals surface area contributed by atoms with Crippen LogP contribution in [0.25, 0.3) is 11.0 Å². The van der Waals surface area contributed by atoms with Gasteiger partial charge in [-0.2, -0.15) is 0 Å². The normalized spacial score (nSPS) is 24.1. The minimum atomic E-state index is -0.492. The molecule has 2 aromatic heterocycles. The number of halogens is 1. The predicted molar refractivity (Wildman–Crippen MR) is 129 cm³/mol. The average molecular weight is 507 g/mol. The molecular formula is C23H35BrN6O2. The van der Waals surface area contributed by atoms with Crippen LogP contribution in [0.1, 0.15) is 58.9 Å². The molecule has 1 saturated heterocycles. The van der Waals surface area contributed by atoms with E-state index in [1.807, 2.05) is 25.7 Å². The van der Waals surface area contributed by atoms with Crippen molar-refractivity contribution in [3.05, 3.63) is 17.0 Å². The molecule has 4 rings (SSSR count). The molecule has 1 aliphatic heterocycles. The molecule has 3 atom stereocenters. The average Bonchev–Trinajstić information content (AvgIpc) is 3.32. The third-order valence-electron chi connectivity index (χ3n) is 6.51. The van der Waals surface area contributed by atoms with E-state index in [-0.39, 0.29) is 6.09 Å². The van der Waals surface area contributed by atoms with Crippen LogP contribution in [0, 0.1) is 11.8 Å². The van der Waals surface area contributed by atoms with Crippen LogP contribution in [0.4, 0.5) is 10.6 Å². The monoisotopic (exact) mass is 506 g/mol. The second-order valence-electron chi connectivity index (χ2n) is 10.3. The van der Waals surface area contributed by atoms with Gasteiger partial charge >= 0.3 is 6.09 Å². The smallest absolute Gasteiger partial charge is 0.410 e. The molecule has 1 aliphatic carbocycles.